The maximum atomic E-state index is 12.6. The van der Waals surface area contributed by atoms with E-state index in [2.05, 4.69) is 5.32 Å². The molecule has 2 aliphatic heterocycles. The van der Waals surface area contributed by atoms with Gasteiger partial charge in [-0.3, -0.25) is 9.59 Å². The highest BCUT2D eigenvalue weighted by molar-refractivity contribution is 6.32. The predicted molar refractivity (Wildman–Crippen MR) is 103 cm³/mol. The molecule has 2 aromatic carbocycles. The van der Waals surface area contributed by atoms with Gasteiger partial charge in [-0.2, -0.15) is 0 Å². The molecular weight excluding hydrogens is 324 g/mol. The van der Waals surface area contributed by atoms with Gasteiger partial charge in [0.1, 0.15) is 0 Å². The van der Waals surface area contributed by atoms with Crippen LogP contribution in [0.5, 0.6) is 0 Å². The number of nitrogens with one attached hydrogen (secondary N) is 1. The minimum atomic E-state index is -0.0131. The zero-order valence-corrected chi connectivity index (χ0v) is 14.9. The molecule has 2 aliphatic rings. The Labute approximate surface area is 153 Å². The normalized spacial score (nSPS) is 16.5. The Morgan fingerprint density at radius 3 is 2.50 bits per heavy atom. The number of fused-ring (bicyclic) bond motifs is 1. The second kappa shape index (κ2) is 6.79. The van der Waals surface area contributed by atoms with Crippen molar-refractivity contribution < 1.29 is 9.59 Å². The second-order valence-electron chi connectivity index (χ2n) is 6.96. The summed E-state index contributed by atoms with van der Waals surface area (Å²) in [6, 6.07) is 15.8. The SMILES string of the molecule is Cc1ccccc1CC(=O)N1CCC(=C2C(=O)Nc3ccccc32)CC1. The lowest BCUT2D eigenvalue weighted by atomic mass is 9.93. The molecule has 2 heterocycles. The lowest BCUT2D eigenvalue weighted by Crippen LogP contribution is -2.37. The van der Waals surface area contributed by atoms with E-state index in [0.717, 1.165) is 46.4 Å². The Hall–Kier alpha value is -2.88. The summed E-state index contributed by atoms with van der Waals surface area (Å²) in [6.45, 7) is 3.40. The van der Waals surface area contributed by atoms with Crippen LogP contribution in [0, 0.1) is 6.92 Å². The van der Waals surface area contributed by atoms with Gasteiger partial charge in [-0.15, -0.1) is 0 Å². The van der Waals surface area contributed by atoms with Crippen LogP contribution in [0.1, 0.15) is 29.5 Å². The first-order valence-electron chi connectivity index (χ1n) is 9.08. The van der Waals surface area contributed by atoms with Crippen molar-refractivity contribution in [2.24, 2.45) is 0 Å². The highest BCUT2D eigenvalue weighted by atomic mass is 16.2. The fraction of sp³-hybridized carbons (Fsp3) is 0.273. The number of likely N-dealkylation sites (tertiary alicyclic amines) is 1. The number of anilines is 1. The molecule has 2 aromatic rings. The lowest BCUT2D eigenvalue weighted by molar-refractivity contribution is -0.130. The average Bonchev–Trinajstić information content (AvgIpc) is 2.99. The molecule has 0 atom stereocenters. The molecule has 4 heteroatoms. The Bertz CT molecular complexity index is 904. The maximum Gasteiger partial charge on any atom is 0.256 e. The zero-order valence-electron chi connectivity index (χ0n) is 14.9. The van der Waals surface area contributed by atoms with E-state index in [-0.39, 0.29) is 11.8 Å². The van der Waals surface area contributed by atoms with Crippen molar-refractivity contribution in [3.8, 4) is 0 Å². The number of nitrogens with zero attached hydrogens (tertiary/aromatic N) is 1. The molecule has 0 unspecified atom stereocenters. The molecule has 1 fully saturated rings. The van der Waals surface area contributed by atoms with Crippen LogP contribution >= 0.6 is 0 Å². The van der Waals surface area contributed by atoms with E-state index in [4.69, 9.17) is 0 Å². The van der Waals surface area contributed by atoms with Crippen LogP contribution in [0.4, 0.5) is 5.69 Å². The molecule has 4 rings (SSSR count). The number of carbonyl (C=O) groups excluding carboxylic acids is 2. The van der Waals surface area contributed by atoms with Gasteiger partial charge in [-0.1, -0.05) is 48.0 Å². The minimum absolute atomic E-state index is 0.0131. The van der Waals surface area contributed by atoms with E-state index in [1.807, 2.05) is 60.4 Å². The average molecular weight is 346 g/mol. The van der Waals surface area contributed by atoms with Gasteiger partial charge in [0.25, 0.3) is 5.91 Å². The van der Waals surface area contributed by atoms with Crippen molar-refractivity contribution in [3.05, 3.63) is 70.8 Å². The van der Waals surface area contributed by atoms with Crippen LogP contribution in [0.2, 0.25) is 0 Å². The number of carbonyl (C=O) groups is 2. The number of hydrogen-bond acceptors (Lipinski definition) is 2. The van der Waals surface area contributed by atoms with Crippen LogP contribution in [-0.4, -0.2) is 29.8 Å². The van der Waals surface area contributed by atoms with E-state index in [1.54, 1.807) is 0 Å². The summed E-state index contributed by atoms with van der Waals surface area (Å²) in [6.07, 6.45) is 1.97. The number of aryl methyl sites for hydroxylation is 1. The van der Waals surface area contributed by atoms with Gasteiger partial charge < -0.3 is 10.2 Å². The topological polar surface area (TPSA) is 49.4 Å². The number of rotatable bonds is 2. The van der Waals surface area contributed by atoms with Crippen molar-refractivity contribution in [2.45, 2.75) is 26.2 Å². The van der Waals surface area contributed by atoms with Gasteiger partial charge in [0.2, 0.25) is 5.91 Å². The third kappa shape index (κ3) is 3.03. The molecule has 0 bridgehead atoms. The molecule has 4 nitrogen and oxygen atoms in total. The molecule has 132 valence electrons. The summed E-state index contributed by atoms with van der Waals surface area (Å²) in [5.41, 5.74) is 6.09. The van der Waals surface area contributed by atoms with Crippen molar-refractivity contribution in [1.29, 1.82) is 0 Å². The van der Waals surface area contributed by atoms with Crippen molar-refractivity contribution in [1.82, 2.24) is 4.90 Å². The van der Waals surface area contributed by atoms with Crippen LogP contribution in [0.25, 0.3) is 5.57 Å². The van der Waals surface area contributed by atoms with Crippen LogP contribution < -0.4 is 5.32 Å². The largest absolute Gasteiger partial charge is 0.342 e. The van der Waals surface area contributed by atoms with Gasteiger partial charge >= 0.3 is 0 Å². The quantitative estimate of drug-likeness (QED) is 0.845. The predicted octanol–water partition coefficient (Wildman–Crippen LogP) is 3.57. The molecule has 0 aromatic heterocycles. The molecule has 0 spiro atoms. The summed E-state index contributed by atoms with van der Waals surface area (Å²) >= 11 is 0. The van der Waals surface area contributed by atoms with E-state index in [1.165, 1.54) is 0 Å². The Balaban J connectivity index is 1.47. The number of hydrogen-bond donors (Lipinski definition) is 1. The third-order valence-electron chi connectivity index (χ3n) is 5.35. The van der Waals surface area contributed by atoms with Gasteiger partial charge in [-0.25, -0.2) is 0 Å². The molecule has 0 saturated carbocycles. The monoisotopic (exact) mass is 346 g/mol. The first-order valence-corrected chi connectivity index (χ1v) is 9.08. The number of amides is 2. The summed E-state index contributed by atoms with van der Waals surface area (Å²) in [5, 5.41) is 2.94. The molecule has 0 aliphatic carbocycles. The first kappa shape index (κ1) is 16.6. The van der Waals surface area contributed by atoms with Crippen LogP contribution in [0.15, 0.2) is 54.1 Å². The number of benzene rings is 2. The van der Waals surface area contributed by atoms with Gasteiger partial charge in [0, 0.05) is 29.9 Å². The van der Waals surface area contributed by atoms with E-state index < -0.39 is 0 Å². The number of para-hydroxylation sites is 1. The lowest BCUT2D eigenvalue weighted by Gasteiger charge is -2.29. The van der Waals surface area contributed by atoms with Crippen molar-refractivity contribution in [3.63, 3.8) is 0 Å². The molecular formula is C22H22N2O2. The fourth-order valence-electron chi connectivity index (χ4n) is 3.83. The summed E-state index contributed by atoms with van der Waals surface area (Å²) in [4.78, 5) is 26.9. The molecule has 0 radical (unpaired) electrons. The van der Waals surface area contributed by atoms with Gasteiger partial charge in [0.05, 0.1) is 6.42 Å². The second-order valence-corrected chi connectivity index (χ2v) is 6.96. The Kier molecular flexibility index (Phi) is 4.33. The van der Waals surface area contributed by atoms with E-state index in [9.17, 15) is 9.59 Å². The summed E-state index contributed by atoms with van der Waals surface area (Å²) in [5.74, 6) is 0.153. The molecule has 1 saturated heterocycles. The van der Waals surface area contributed by atoms with E-state index >= 15 is 0 Å². The summed E-state index contributed by atoms with van der Waals surface area (Å²) in [7, 11) is 0. The molecule has 1 N–H and O–H groups in total. The smallest absolute Gasteiger partial charge is 0.256 e. The minimum Gasteiger partial charge on any atom is -0.342 e. The highest BCUT2D eigenvalue weighted by Crippen LogP contribution is 2.36. The molecule has 2 amide bonds. The zero-order chi connectivity index (χ0) is 18.1. The summed E-state index contributed by atoms with van der Waals surface area (Å²) < 4.78 is 0. The van der Waals surface area contributed by atoms with Crippen LogP contribution in [0.3, 0.4) is 0 Å². The van der Waals surface area contributed by atoms with Gasteiger partial charge in [-0.05, 0) is 37.0 Å². The maximum absolute atomic E-state index is 12.6. The van der Waals surface area contributed by atoms with E-state index in [0.29, 0.717) is 19.5 Å². The highest BCUT2D eigenvalue weighted by Gasteiger charge is 2.29. The fourth-order valence-corrected chi connectivity index (χ4v) is 3.83. The standard InChI is InChI=1S/C22H22N2O2/c1-15-6-2-3-7-17(15)14-20(25)24-12-10-16(11-13-24)21-18-8-4-5-9-19(18)23-22(21)26/h2-9H,10-14H2,1H3,(H,23,26). The van der Waals surface area contributed by atoms with Gasteiger partial charge in [0.15, 0.2) is 0 Å². The van der Waals surface area contributed by atoms with Crippen molar-refractivity contribution in [2.75, 3.05) is 18.4 Å². The van der Waals surface area contributed by atoms with Crippen molar-refractivity contribution >= 4 is 23.1 Å². The Morgan fingerprint density at radius 2 is 1.73 bits per heavy atom. The molecule has 26 heavy (non-hydrogen) atoms. The number of piperidine rings is 1. The Morgan fingerprint density at radius 1 is 1.04 bits per heavy atom. The van der Waals surface area contributed by atoms with Crippen LogP contribution in [-0.2, 0) is 16.0 Å². The first-order chi connectivity index (χ1) is 12.6. The third-order valence-corrected chi connectivity index (χ3v) is 5.35.